The van der Waals surface area contributed by atoms with Crippen LogP contribution in [0.5, 0.6) is 5.75 Å². The van der Waals surface area contributed by atoms with E-state index in [4.69, 9.17) is 4.74 Å². The van der Waals surface area contributed by atoms with E-state index in [9.17, 15) is 17.6 Å². The Kier molecular flexibility index (Phi) is 8.52. The van der Waals surface area contributed by atoms with Crippen molar-refractivity contribution in [3.63, 3.8) is 0 Å². The fourth-order valence-electron chi connectivity index (χ4n) is 3.53. The molecule has 0 aliphatic carbocycles. The third kappa shape index (κ3) is 7.23. The number of hydrogen-bond acceptors (Lipinski definition) is 7. The first-order valence-corrected chi connectivity index (χ1v) is 12.5. The van der Waals surface area contributed by atoms with Gasteiger partial charge >= 0.3 is 6.18 Å². The predicted octanol–water partition coefficient (Wildman–Crippen LogP) is 6.39. The van der Waals surface area contributed by atoms with Gasteiger partial charge in [0.05, 0.1) is 6.61 Å². The van der Waals surface area contributed by atoms with Crippen LogP contribution in [0.1, 0.15) is 25.5 Å². The molecule has 0 bridgehead atoms. The summed E-state index contributed by atoms with van der Waals surface area (Å²) in [6.45, 7) is 5.01. The molecule has 0 atom stereocenters. The van der Waals surface area contributed by atoms with Crippen LogP contribution < -0.4 is 15.0 Å². The van der Waals surface area contributed by atoms with E-state index >= 15 is 0 Å². The smallest absolute Gasteiger partial charge is 0.433 e. The van der Waals surface area contributed by atoms with Gasteiger partial charge in [0.15, 0.2) is 5.69 Å². The summed E-state index contributed by atoms with van der Waals surface area (Å²) in [7, 11) is 0. The van der Waals surface area contributed by atoms with Gasteiger partial charge in [0.25, 0.3) is 0 Å². The Balaban J connectivity index is 1.39. The maximum atomic E-state index is 13.5. The maximum absolute atomic E-state index is 13.5. The molecule has 3 aromatic rings. The molecule has 11 heteroatoms. The summed E-state index contributed by atoms with van der Waals surface area (Å²) in [6.07, 6.45) is -2.53. The van der Waals surface area contributed by atoms with Crippen LogP contribution in [0.4, 0.5) is 35.0 Å². The topological polar surface area (TPSA) is 53.5 Å². The summed E-state index contributed by atoms with van der Waals surface area (Å²) < 4.78 is 61.6. The van der Waals surface area contributed by atoms with Crippen LogP contribution in [0.15, 0.2) is 59.5 Å². The second kappa shape index (κ2) is 11.8. The minimum atomic E-state index is -4.62. The fourth-order valence-corrected chi connectivity index (χ4v) is 4.43. The number of aromatic nitrogens is 2. The Morgan fingerprint density at radius 2 is 1.67 bits per heavy atom. The molecule has 6 nitrogen and oxygen atoms in total. The number of nitrogens with one attached hydrogen (secondary N) is 1. The molecule has 2 aromatic carbocycles. The van der Waals surface area contributed by atoms with E-state index in [0.717, 1.165) is 29.6 Å². The SMILES string of the molecule is CCCCOc1ccc(SN2CCN(c3nc(Nc4ccc(F)cc4)cc(C(F)(F)F)n3)CC2)cc1. The molecule has 192 valence electrons. The Labute approximate surface area is 211 Å². The summed E-state index contributed by atoms with van der Waals surface area (Å²) in [5.74, 6) is 0.404. The maximum Gasteiger partial charge on any atom is 0.433 e. The quantitative estimate of drug-likeness (QED) is 0.199. The molecule has 4 rings (SSSR count). The average Bonchev–Trinajstić information content (AvgIpc) is 2.86. The first-order chi connectivity index (χ1) is 17.3. The van der Waals surface area contributed by atoms with E-state index in [-0.39, 0.29) is 11.8 Å². The van der Waals surface area contributed by atoms with Crippen LogP contribution >= 0.6 is 11.9 Å². The molecule has 2 heterocycles. The normalized spacial score (nSPS) is 14.6. The summed E-state index contributed by atoms with van der Waals surface area (Å²) in [6, 6.07) is 14.1. The number of hydrogen-bond donors (Lipinski definition) is 1. The Morgan fingerprint density at radius 1 is 0.972 bits per heavy atom. The van der Waals surface area contributed by atoms with Gasteiger partial charge in [-0.15, -0.1) is 0 Å². The highest BCUT2D eigenvalue weighted by Crippen LogP contribution is 2.32. The monoisotopic (exact) mass is 521 g/mol. The number of piperazine rings is 1. The average molecular weight is 522 g/mol. The summed E-state index contributed by atoms with van der Waals surface area (Å²) in [4.78, 5) is 10.9. The van der Waals surface area contributed by atoms with Crippen LogP contribution in [0, 0.1) is 5.82 Å². The zero-order chi connectivity index (χ0) is 25.5. The molecule has 0 spiro atoms. The van der Waals surface area contributed by atoms with Crippen molar-refractivity contribution in [3.05, 3.63) is 66.1 Å². The first-order valence-electron chi connectivity index (χ1n) is 11.7. The van der Waals surface area contributed by atoms with Crippen molar-refractivity contribution in [2.24, 2.45) is 0 Å². The van der Waals surface area contributed by atoms with Gasteiger partial charge in [0, 0.05) is 42.8 Å². The molecule has 1 N–H and O–H groups in total. The molecular formula is C25H27F4N5OS. The van der Waals surface area contributed by atoms with Gasteiger partial charge in [0.1, 0.15) is 17.4 Å². The van der Waals surface area contributed by atoms with Gasteiger partial charge in [-0.2, -0.15) is 18.2 Å². The summed E-state index contributed by atoms with van der Waals surface area (Å²) in [5, 5.41) is 2.82. The second-order valence-corrected chi connectivity index (χ2v) is 9.42. The van der Waals surface area contributed by atoms with Crippen LogP contribution in [0.2, 0.25) is 0 Å². The van der Waals surface area contributed by atoms with Crippen molar-refractivity contribution in [1.29, 1.82) is 0 Å². The van der Waals surface area contributed by atoms with E-state index in [0.29, 0.717) is 38.5 Å². The molecule has 1 aromatic heterocycles. The lowest BCUT2D eigenvalue weighted by molar-refractivity contribution is -0.141. The summed E-state index contributed by atoms with van der Waals surface area (Å²) >= 11 is 1.60. The van der Waals surface area contributed by atoms with Gasteiger partial charge < -0.3 is 15.0 Å². The van der Waals surface area contributed by atoms with Crippen molar-refractivity contribution >= 4 is 29.4 Å². The van der Waals surface area contributed by atoms with Gasteiger partial charge in [-0.3, -0.25) is 0 Å². The van der Waals surface area contributed by atoms with Crippen LogP contribution in [0.3, 0.4) is 0 Å². The van der Waals surface area contributed by atoms with Crippen LogP contribution in [-0.4, -0.2) is 47.1 Å². The number of benzene rings is 2. The molecule has 36 heavy (non-hydrogen) atoms. The van der Waals surface area contributed by atoms with Gasteiger partial charge in [-0.25, -0.2) is 13.7 Å². The molecule has 1 aliphatic rings. The highest BCUT2D eigenvalue weighted by Gasteiger charge is 2.34. The zero-order valence-electron chi connectivity index (χ0n) is 19.8. The van der Waals surface area contributed by atoms with Crippen LogP contribution in [-0.2, 0) is 6.18 Å². The van der Waals surface area contributed by atoms with E-state index < -0.39 is 17.7 Å². The molecule has 1 fully saturated rings. The standard InChI is InChI=1S/C25H27F4N5OS/c1-2-3-16-35-20-8-10-21(11-9-20)36-34-14-12-33(13-15-34)24-31-22(25(27,28)29)17-23(32-24)30-19-6-4-18(26)5-7-19/h4-11,17H,2-3,12-16H2,1H3,(H,30,31,32). The highest BCUT2D eigenvalue weighted by molar-refractivity contribution is 7.97. The molecule has 0 unspecified atom stereocenters. The Bertz CT molecular complexity index is 1120. The number of ether oxygens (including phenoxy) is 1. The van der Waals surface area contributed by atoms with E-state index in [1.165, 1.54) is 24.3 Å². The molecule has 1 saturated heterocycles. The lowest BCUT2D eigenvalue weighted by atomic mass is 10.3. The number of alkyl halides is 3. The van der Waals surface area contributed by atoms with Crippen LogP contribution in [0.25, 0.3) is 0 Å². The molecule has 1 aliphatic heterocycles. The summed E-state index contributed by atoms with van der Waals surface area (Å²) in [5.41, 5.74) is -0.604. The first kappa shape index (κ1) is 26.0. The number of unbranched alkanes of at least 4 members (excludes halogenated alkanes) is 1. The lowest BCUT2D eigenvalue weighted by Gasteiger charge is -2.34. The van der Waals surface area contributed by atoms with Crippen molar-refractivity contribution < 1.29 is 22.3 Å². The van der Waals surface area contributed by atoms with Crippen molar-refractivity contribution in [1.82, 2.24) is 14.3 Å². The van der Waals surface area contributed by atoms with E-state index in [1.54, 1.807) is 16.8 Å². The van der Waals surface area contributed by atoms with E-state index in [1.807, 2.05) is 24.3 Å². The third-order valence-corrected chi connectivity index (χ3v) is 6.57. The fraction of sp³-hybridized carbons (Fsp3) is 0.360. The lowest BCUT2D eigenvalue weighted by Crippen LogP contribution is -2.44. The largest absolute Gasteiger partial charge is 0.494 e. The van der Waals surface area contributed by atoms with Crippen molar-refractivity contribution in [2.75, 3.05) is 43.0 Å². The second-order valence-electron chi connectivity index (χ2n) is 8.25. The Morgan fingerprint density at radius 3 is 2.31 bits per heavy atom. The Hall–Kier alpha value is -3.05. The number of halogens is 4. The number of nitrogens with zero attached hydrogens (tertiary/aromatic N) is 4. The third-order valence-electron chi connectivity index (χ3n) is 5.47. The minimum absolute atomic E-state index is 0.00279. The predicted molar refractivity (Wildman–Crippen MR) is 133 cm³/mol. The number of anilines is 3. The number of rotatable bonds is 9. The van der Waals surface area contributed by atoms with Gasteiger partial charge in [-0.1, -0.05) is 13.3 Å². The molecule has 0 saturated carbocycles. The van der Waals surface area contributed by atoms with Crippen molar-refractivity contribution in [3.8, 4) is 5.75 Å². The minimum Gasteiger partial charge on any atom is -0.494 e. The molecular weight excluding hydrogens is 494 g/mol. The van der Waals surface area contributed by atoms with Gasteiger partial charge in [0.2, 0.25) is 5.95 Å². The van der Waals surface area contributed by atoms with Crippen molar-refractivity contribution in [2.45, 2.75) is 30.8 Å². The van der Waals surface area contributed by atoms with Gasteiger partial charge in [-0.05, 0) is 66.9 Å². The zero-order valence-corrected chi connectivity index (χ0v) is 20.6. The molecule has 0 amide bonds. The van der Waals surface area contributed by atoms with E-state index in [2.05, 4.69) is 26.5 Å². The highest BCUT2D eigenvalue weighted by atomic mass is 32.2. The molecule has 0 radical (unpaired) electrons.